The summed E-state index contributed by atoms with van der Waals surface area (Å²) in [5, 5.41) is 1.79. The number of hydrogen-bond donors (Lipinski definition) is 0. The molecule has 0 N–H and O–H groups in total. The zero-order chi connectivity index (χ0) is 14.6. The van der Waals surface area contributed by atoms with E-state index in [1.807, 2.05) is 19.0 Å². The molecule has 1 aliphatic heterocycles. The number of nitrogens with zero attached hydrogens (tertiary/aromatic N) is 2. The van der Waals surface area contributed by atoms with Crippen molar-refractivity contribution in [3.8, 4) is 0 Å². The molecule has 1 unspecified atom stereocenters. The number of likely N-dealkylation sites (N-methyl/N-ethyl adjacent to an activating group) is 1. The Morgan fingerprint density at radius 3 is 2.75 bits per heavy atom. The van der Waals surface area contributed by atoms with Crippen molar-refractivity contribution in [1.82, 2.24) is 9.21 Å². The third-order valence-corrected chi connectivity index (χ3v) is 6.56. The van der Waals surface area contributed by atoms with Crippen LogP contribution in [0.15, 0.2) is 21.7 Å². The van der Waals surface area contributed by atoms with Crippen molar-refractivity contribution >= 4 is 21.4 Å². The van der Waals surface area contributed by atoms with Crippen LogP contribution in [0, 0.1) is 0 Å². The predicted octanol–water partition coefficient (Wildman–Crippen LogP) is 1.48. The van der Waals surface area contributed by atoms with Crippen molar-refractivity contribution in [3.63, 3.8) is 0 Å². The highest BCUT2D eigenvalue weighted by molar-refractivity contribution is 7.91. The number of rotatable bonds is 7. The van der Waals surface area contributed by atoms with Crippen molar-refractivity contribution in [2.24, 2.45) is 0 Å². The normalized spacial score (nSPS) is 20.1. The highest BCUT2D eigenvalue weighted by Crippen LogP contribution is 2.23. The first kappa shape index (κ1) is 15.9. The molecule has 0 aromatic carbocycles. The lowest BCUT2D eigenvalue weighted by atomic mass is 10.2. The van der Waals surface area contributed by atoms with Crippen LogP contribution in [-0.2, 0) is 14.8 Å². The molecule has 1 fully saturated rings. The van der Waals surface area contributed by atoms with Crippen molar-refractivity contribution in [1.29, 1.82) is 0 Å². The van der Waals surface area contributed by atoms with E-state index in [4.69, 9.17) is 4.74 Å². The third kappa shape index (κ3) is 4.02. The van der Waals surface area contributed by atoms with Crippen molar-refractivity contribution in [2.75, 3.05) is 40.3 Å². The summed E-state index contributed by atoms with van der Waals surface area (Å²) in [6, 6.07) is 3.44. The Hall–Kier alpha value is -0.470. The van der Waals surface area contributed by atoms with E-state index in [-0.39, 0.29) is 6.10 Å². The molecule has 0 bridgehead atoms. The van der Waals surface area contributed by atoms with Gasteiger partial charge in [0.15, 0.2) is 0 Å². The van der Waals surface area contributed by atoms with Gasteiger partial charge in [0.2, 0.25) is 0 Å². The molecule has 0 saturated carbocycles. The Balaban J connectivity index is 2.12. The van der Waals surface area contributed by atoms with Gasteiger partial charge in [-0.3, -0.25) is 0 Å². The molecule has 1 aromatic rings. The second-order valence-electron chi connectivity index (χ2n) is 5.23. The molecule has 5 nitrogen and oxygen atoms in total. The van der Waals surface area contributed by atoms with Gasteiger partial charge in [0.05, 0.1) is 6.10 Å². The quantitative estimate of drug-likeness (QED) is 0.764. The Bertz CT molecular complexity index is 494. The maximum Gasteiger partial charge on any atom is 0.252 e. The minimum Gasteiger partial charge on any atom is -0.377 e. The standard InChI is InChI=1S/C13H22N2O3S2/c1-14(2)7-8-15(11-12-5-3-9-18-12)20(16,17)13-6-4-10-19-13/h4,6,10,12H,3,5,7-9,11H2,1-2H3. The van der Waals surface area contributed by atoms with E-state index in [0.29, 0.717) is 23.8 Å². The molecular formula is C13H22N2O3S2. The van der Waals surface area contributed by atoms with Crippen molar-refractivity contribution < 1.29 is 13.2 Å². The van der Waals surface area contributed by atoms with Crippen LogP contribution in [-0.4, -0.2) is 64.1 Å². The van der Waals surface area contributed by atoms with Gasteiger partial charge in [0, 0.05) is 26.2 Å². The fourth-order valence-corrected chi connectivity index (χ4v) is 4.78. The third-order valence-electron chi connectivity index (χ3n) is 3.32. The van der Waals surface area contributed by atoms with E-state index in [9.17, 15) is 8.42 Å². The molecular weight excluding hydrogens is 296 g/mol. The van der Waals surface area contributed by atoms with Crippen LogP contribution < -0.4 is 0 Å². The molecule has 0 amide bonds. The van der Waals surface area contributed by atoms with E-state index < -0.39 is 10.0 Å². The lowest BCUT2D eigenvalue weighted by Gasteiger charge is -2.25. The molecule has 0 radical (unpaired) electrons. The molecule has 1 atom stereocenters. The van der Waals surface area contributed by atoms with Gasteiger partial charge >= 0.3 is 0 Å². The van der Waals surface area contributed by atoms with Gasteiger partial charge in [-0.05, 0) is 38.4 Å². The van der Waals surface area contributed by atoms with Crippen LogP contribution >= 0.6 is 11.3 Å². The van der Waals surface area contributed by atoms with Crippen LogP contribution in [0.3, 0.4) is 0 Å². The minimum absolute atomic E-state index is 0.0342. The second-order valence-corrected chi connectivity index (χ2v) is 8.35. The summed E-state index contributed by atoms with van der Waals surface area (Å²) in [5.74, 6) is 0. The zero-order valence-corrected chi connectivity index (χ0v) is 13.6. The smallest absolute Gasteiger partial charge is 0.252 e. The largest absolute Gasteiger partial charge is 0.377 e. The van der Waals surface area contributed by atoms with Gasteiger partial charge in [-0.15, -0.1) is 11.3 Å². The van der Waals surface area contributed by atoms with Crippen LogP contribution in [0.25, 0.3) is 0 Å². The zero-order valence-electron chi connectivity index (χ0n) is 12.0. The number of sulfonamides is 1. The van der Waals surface area contributed by atoms with E-state index in [1.54, 1.807) is 21.8 Å². The first-order valence-electron chi connectivity index (χ1n) is 6.80. The Kier molecular flexibility index (Phi) is 5.57. The van der Waals surface area contributed by atoms with Crippen LogP contribution in [0.2, 0.25) is 0 Å². The van der Waals surface area contributed by atoms with Crippen molar-refractivity contribution in [3.05, 3.63) is 17.5 Å². The van der Waals surface area contributed by atoms with E-state index in [0.717, 1.165) is 19.4 Å². The molecule has 114 valence electrons. The monoisotopic (exact) mass is 318 g/mol. The molecule has 2 heterocycles. The molecule has 0 spiro atoms. The summed E-state index contributed by atoms with van der Waals surface area (Å²) in [7, 11) is 0.497. The van der Waals surface area contributed by atoms with E-state index in [2.05, 4.69) is 0 Å². The van der Waals surface area contributed by atoms with Gasteiger partial charge in [0.1, 0.15) is 4.21 Å². The molecule has 1 aromatic heterocycles. The Labute approximate surface area is 125 Å². The maximum atomic E-state index is 12.7. The average molecular weight is 318 g/mol. The Morgan fingerprint density at radius 1 is 1.40 bits per heavy atom. The fraction of sp³-hybridized carbons (Fsp3) is 0.692. The summed E-state index contributed by atoms with van der Waals surface area (Å²) in [6.07, 6.45) is 2.00. The molecule has 20 heavy (non-hydrogen) atoms. The van der Waals surface area contributed by atoms with Crippen LogP contribution in [0.5, 0.6) is 0 Å². The predicted molar refractivity (Wildman–Crippen MR) is 80.6 cm³/mol. The fourth-order valence-electron chi connectivity index (χ4n) is 2.17. The summed E-state index contributed by atoms with van der Waals surface area (Å²) < 4.78 is 32.9. The minimum atomic E-state index is -3.40. The second kappa shape index (κ2) is 7.00. The summed E-state index contributed by atoms with van der Waals surface area (Å²) >= 11 is 1.27. The van der Waals surface area contributed by atoms with Crippen LogP contribution in [0.4, 0.5) is 0 Å². The van der Waals surface area contributed by atoms with E-state index in [1.165, 1.54) is 11.3 Å². The topological polar surface area (TPSA) is 49.9 Å². The van der Waals surface area contributed by atoms with E-state index >= 15 is 0 Å². The number of thiophene rings is 1. The van der Waals surface area contributed by atoms with Gasteiger partial charge in [-0.2, -0.15) is 4.31 Å². The summed E-state index contributed by atoms with van der Waals surface area (Å²) in [5.41, 5.74) is 0. The number of hydrogen-bond acceptors (Lipinski definition) is 5. The van der Waals surface area contributed by atoms with Gasteiger partial charge < -0.3 is 9.64 Å². The summed E-state index contributed by atoms with van der Waals surface area (Å²) in [4.78, 5) is 1.99. The van der Waals surface area contributed by atoms with Gasteiger partial charge in [-0.25, -0.2) is 8.42 Å². The van der Waals surface area contributed by atoms with Crippen LogP contribution in [0.1, 0.15) is 12.8 Å². The SMILES string of the molecule is CN(C)CCN(CC1CCCO1)S(=O)(=O)c1cccs1. The molecule has 1 saturated heterocycles. The molecule has 1 aliphatic rings. The maximum absolute atomic E-state index is 12.7. The van der Waals surface area contributed by atoms with Crippen molar-refractivity contribution in [2.45, 2.75) is 23.2 Å². The molecule has 7 heteroatoms. The first-order chi connectivity index (χ1) is 9.50. The van der Waals surface area contributed by atoms with Gasteiger partial charge in [-0.1, -0.05) is 6.07 Å². The molecule has 0 aliphatic carbocycles. The number of ether oxygens (including phenoxy) is 1. The first-order valence-corrected chi connectivity index (χ1v) is 9.12. The van der Waals surface area contributed by atoms with Gasteiger partial charge in [0.25, 0.3) is 10.0 Å². The average Bonchev–Trinajstić information content (AvgIpc) is 3.06. The highest BCUT2D eigenvalue weighted by atomic mass is 32.2. The summed E-state index contributed by atoms with van der Waals surface area (Å²) in [6.45, 7) is 2.39. The lowest BCUT2D eigenvalue weighted by molar-refractivity contribution is 0.0926. The Morgan fingerprint density at radius 2 is 2.20 bits per heavy atom. The lowest BCUT2D eigenvalue weighted by Crippen LogP contribution is -2.40. The molecule has 2 rings (SSSR count). The highest BCUT2D eigenvalue weighted by Gasteiger charge is 2.29.